The number of nitrogens with zero attached hydrogens (tertiary/aromatic N) is 1. The number of hydrogen-bond donors (Lipinski definition) is 3. The van der Waals surface area contributed by atoms with Crippen LogP contribution >= 0.6 is 0 Å². The van der Waals surface area contributed by atoms with E-state index in [9.17, 15) is 9.59 Å². The summed E-state index contributed by atoms with van der Waals surface area (Å²) in [6.45, 7) is 5.77. The lowest BCUT2D eigenvalue weighted by Gasteiger charge is -2.23. The number of morpholine rings is 1. The minimum Gasteiger partial charge on any atom is -0.493 e. The Bertz CT molecular complexity index is 708. The molecule has 29 heavy (non-hydrogen) atoms. The van der Waals surface area contributed by atoms with Gasteiger partial charge in [0.2, 0.25) is 5.91 Å². The molecule has 9 nitrogen and oxygen atoms in total. The summed E-state index contributed by atoms with van der Waals surface area (Å²) in [5.74, 6) is 1.14. The summed E-state index contributed by atoms with van der Waals surface area (Å²) in [4.78, 5) is 27.8. The Labute approximate surface area is 171 Å². The van der Waals surface area contributed by atoms with Crippen LogP contribution in [0.5, 0.6) is 11.5 Å². The smallest absolute Gasteiger partial charge is 0.315 e. The standard InChI is InChI=1S/C20H30N4O5/c1-27-17-5-4-16(13-18(17)28-2)24-14-15(12-19(24)25)22-20(26)21-6-3-7-23-8-10-29-11-9-23/h4-5,13,15H,3,6-12,14H2,1-2H3,(H2,21,22,26)/p+1/t15-/m0/s1. The third-order valence-corrected chi connectivity index (χ3v) is 5.33. The average molecular weight is 407 g/mol. The SMILES string of the molecule is COc1ccc(N2C[C@@H](NC(=O)NCCC[NH+]3CCOCC3)CC2=O)cc1OC. The van der Waals surface area contributed by atoms with Crippen molar-refractivity contribution in [3.05, 3.63) is 18.2 Å². The maximum Gasteiger partial charge on any atom is 0.315 e. The number of amides is 3. The van der Waals surface area contributed by atoms with Crippen LogP contribution in [0.2, 0.25) is 0 Å². The fourth-order valence-corrected chi connectivity index (χ4v) is 3.73. The van der Waals surface area contributed by atoms with Crippen molar-refractivity contribution in [3.8, 4) is 11.5 Å². The number of methoxy groups -OCH3 is 2. The minimum atomic E-state index is -0.228. The number of carbonyl (C=O) groups is 2. The third kappa shape index (κ3) is 5.74. The van der Waals surface area contributed by atoms with E-state index in [1.807, 2.05) is 6.07 Å². The molecule has 0 radical (unpaired) electrons. The number of urea groups is 1. The van der Waals surface area contributed by atoms with E-state index in [1.54, 1.807) is 31.3 Å². The molecule has 2 fully saturated rings. The number of nitrogens with one attached hydrogen (secondary N) is 3. The van der Waals surface area contributed by atoms with Gasteiger partial charge in [0.05, 0.1) is 40.0 Å². The van der Waals surface area contributed by atoms with Gasteiger partial charge in [0.25, 0.3) is 0 Å². The zero-order valence-corrected chi connectivity index (χ0v) is 17.2. The van der Waals surface area contributed by atoms with Crippen molar-refractivity contribution in [1.29, 1.82) is 0 Å². The van der Waals surface area contributed by atoms with Gasteiger partial charge in [0.15, 0.2) is 11.5 Å². The first-order valence-electron chi connectivity index (χ1n) is 10.1. The summed E-state index contributed by atoms with van der Waals surface area (Å²) in [6.07, 6.45) is 1.20. The van der Waals surface area contributed by atoms with Gasteiger partial charge in [-0.05, 0) is 12.1 Å². The van der Waals surface area contributed by atoms with Gasteiger partial charge in [-0.2, -0.15) is 0 Å². The van der Waals surface area contributed by atoms with E-state index in [-0.39, 0.29) is 24.4 Å². The maximum atomic E-state index is 12.4. The number of benzene rings is 1. The fourth-order valence-electron chi connectivity index (χ4n) is 3.73. The van der Waals surface area contributed by atoms with E-state index in [0.717, 1.165) is 45.0 Å². The Balaban J connectivity index is 1.43. The molecule has 0 saturated carbocycles. The van der Waals surface area contributed by atoms with E-state index >= 15 is 0 Å². The van der Waals surface area contributed by atoms with Gasteiger partial charge in [0.1, 0.15) is 13.1 Å². The molecule has 0 aromatic heterocycles. The highest BCUT2D eigenvalue weighted by Gasteiger charge is 2.32. The first-order chi connectivity index (χ1) is 14.1. The van der Waals surface area contributed by atoms with Crippen LogP contribution in [-0.4, -0.2) is 78.1 Å². The monoisotopic (exact) mass is 407 g/mol. The van der Waals surface area contributed by atoms with Gasteiger partial charge in [-0.15, -0.1) is 0 Å². The first-order valence-corrected chi connectivity index (χ1v) is 10.1. The minimum absolute atomic E-state index is 0.0292. The van der Waals surface area contributed by atoms with Gasteiger partial charge in [-0.25, -0.2) is 4.79 Å². The lowest BCUT2D eigenvalue weighted by molar-refractivity contribution is -0.908. The van der Waals surface area contributed by atoms with Crippen LogP contribution in [-0.2, 0) is 9.53 Å². The topological polar surface area (TPSA) is 93.6 Å². The van der Waals surface area contributed by atoms with Crippen LogP contribution < -0.4 is 29.9 Å². The molecule has 0 spiro atoms. The van der Waals surface area contributed by atoms with E-state index in [0.29, 0.717) is 24.6 Å². The molecule has 2 aliphatic heterocycles. The Hall–Kier alpha value is -2.52. The Kier molecular flexibility index (Phi) is 7.54. The van der Waals surface area contributed by atoms with Gasteiger partial charge < -0.3 is 34.6 Å². The zero-order valence-electron chi connectivity index (χ0n) is 17.2. The first kappa shape index (κ1) is 21.2. The Morgan fingerprint density at radius 1 is 1.24 bits per heavy atom. The number of rotatable bonds is 8. The normalized spacial score (nSPS) is 19.9. The summed E-state index contributed by atoms with van der Waals surface area (Å²) in [6, 6.07) is 4.91. The van der Waals surface area contributed by atoms with Crippen LogP contribution in [0.3, 0.4) is 0 Å². The summed E-state index contributed by atoms with van der Waals surface area (Å²) < 4.78 is 15.9. The second-order valence-electron chi connectivity index (χ2n) is 7.31. The van der Waals surface area contributed by atoms with Crippen molar-refractivity contribution < 1.29 is 28.7 Å². The van der Waals surface area contributed by atoms with Crippen molar-refractivity contribution in [2.75, 3.05) is 65.1 Å². The number of hydrogen-bond acceptors (Lipinski definition) is 5. The summed E-state index contributed by atoms with van der Waals surface area (Å²) in [7, 11) is 3.13. The van der Waals surface area contributed by atoms with E-state index in [2.05, 4.69) is 10.6 Å². The zero-order chi connectivity index (χ0) is 20.6. The molecule has 2 heterocycles. The molecule has 1 aromatic carbocycles. The molecule has 1 atom stereocenters. The average Bonchev–Trinajstić information content (AvgIpc) is 3.11. The Morgan fingerprint density at radius 3 is 2.72 bits per heavy atom. The lowest BCUT2D eigenvalue weighted by atomic mass is 10.2. The fraction of sp³-hybridized carbons (Fsp3) is 0.600. The predicted molar refractivity (Wildman–Crippen MR) is 108 cm³/mol. The third-order valence-electron chi connectivity index (χ3n) is 5.33. The molecule has 3 amide bonds. The highest BCUT2D eigenvalue weighted by Crippen LogP contribution is 2.33. The number of quaternary nitrogens is 1. The number of anilines is 1. The molecule has 2 saturated heterocycles. The maximum absolute atomic E-state index is 12.4. The molecule has 160 valence electrons. The molecule has 1 aromatic rings. The molecule has 3 N–H and O–H groups in total. The highest BCUT2D eigenvalue weighted by atomic mass is 16.5. The molecular formula is C20H31N4O5+. The largest absolute Gasteiger partial charge is 0.493 e. The molecule has 9 heteroatoms. The summed E-state index contributed by atoms with van der Waals surface area (Å²) in [5, 5.41) is 5.79. The molecule has 0 bridgehead atoms. The van der Waals surface area contributed by atoms with E-state index in [4.69, 9.17) is 14.2 Å². The van der Waals surface area contributed by atoms with Gasteiger partial charge in [-0.1, -0.05) is 0 Å². The van der Waals surface area contributed by atoms with Crippen LogP contribution in [0.1, 0.15) is 12.8 Å². The molecular weight excluding hydrogens is 376 g/mol. The molecule has 2 aliphatic rings. The number of carbonyl (C=O) groups excluding carboxylic acids is 2. The quantitative estimate of drug-likeness (QED) is 0.501. The van der Waals surface area contributed by atoms with Gasteiger partial charge >= 0.3 is 6.03 Å². The molecule has 0 aliphatic carbocycles. The second-order valence-corrected chi connectivity index (χ2v) is 7.31. The van der Waals surface area contributed by atoms with Crippen LogP contribution in [0.4, 0.5) is 10.5 Å². The Morgan fingerprint density at radius 2 is 2.00 bits per heavy atom. The highest BCUT2D eigenvalue weighted by molar-refractivity contribution is 5.97. The van der Waals surface area contributed by atoms with Crippen LogP contribution in [0, 0.1) is 0 Å². The van der Waals surface area contributed by atoms with Crippen molar-refractivity contribution in [2.45, 2.75) is 18.9 Å². The molecule has 0 unspecified atom stereocenters. The van der Waals surface area contributed by atoms with Crippen molar-refractivity contribution in [1.82, 2.24) is 10.6 Å². The summed E-state index contributed by atoms with van der Waals surface area (Å²) in [5.41, 5.74) is 0.728. The predicted octanol–water partition coefficient (Wildman–Crippen LogP) is -0.586. The van der Waals surface area contributed by atoms with Crippen LogP contribution in [0.15, 0.2) is 18.2 Å². The van der Waals surface area contributed by atoms with Crippen LogP contribution in [0.25, 0.3) is 0 Å². The number of ether oxygens (including phenoxy) is 3. The lowest BCUT2D eigenvalue weighted by Crippen LogP contribution is -3.14. The van der Waals surface area contributed by atoms with Crippen molar-refractivity contribution in [2.24, 2.45) is 0 Å². The van der Waals surface area contributed by atoms with E-state index in [1.165, 1.54) is 4.90 Å². The molecule has 3 rings (SSSR count). The second kappa shape index (κ2) is 10.3. The van der Waals surface area contributed by atoms with Gasteiger partial charge in [0, 0.05) is 37.7 Å². The summed E-state index contributed by atoms with van der Waals surface area (Å²) >= 11 is 0. The van der Waals surface area contributed by atoms with Crippen molar-refractivity contribution in [3.63, 3.8) is 0 Å². The van der Waals surface area contributed by atoms with Crippen molar-refractivity contribution >= 4 is 17.6 Å². The van der Waals surface area contributed by atoms with Gasteiger partial charge in [-0.3, -0.25) is 4.79 Å². The van der Waals surface area contributed by atoms with E-state index < -0.39 is 0 Å².